The van der Waals surface area contributed by atoms with Crippen molar-refractivity contribution in [2.24, 2.45) is 0 Å². The van der Waals surface area contributed by atoms with E-state index in [4.69, 9.17) is 4.74 Å². The molecule has 3 aromatic rings. The predicted octanol–water partition coefficient (Wildman–Crippen LogP) is 3.40. The number of hydrogen-bond acceptors (Lipinski definition) is 3. The smallest absolute Gasteiger partial charge is 0.198 e. The molecule has 0 aliphatic carbocycles. The first-order valence-electron chi connectivity index (χ1n) is 6.98. The first kappa shape index (κ1) is 12.1. The standard InChI is InChI=1S/C18H13NO2/c20-17(15-8-2-5-13-9-11-21-18(13)15)14-7-1-4-12-6-3-10-19-16(12)14/h1-8,10H,9,11H2. The first-order valence-corrected chi connectivity index (χ1v) is 6.98. The van der Waals surface area contributed by atoms with Crippen LogP contribution in [0.3, 0.4) is 0 Å². The molecule has 3 nitrogen and oxygen atoms in total. The third-order valence-electron chi connectivity index (χ3n) is 3.84. The van der Waals surface area contributed by atoms with Crippen LogP contribution in [0.1, 0.15) is 21.5 Å². The molecular weight excluding hydrogens is 262 g/mol. The number of benzene rings is 2. The van der Waals surface area contributed by atoms with Gasteiger partial charge in [-0.25, -0.2) is 0 Å². The molecule has 4 rings (SSSR count). The number of pyridine rings is 1. The summed E-state index contributed by atoms with van der Waals surface area (Å²) >= 11 is 0. The highest BCUT2D eigenvalue weighted by Crippen LogP contribution is 2.32. The SMILES string of the molecule is O=C(c1cccc2c1OCC2)c1cccc2cccnc12. The number of fused-ring (bicyclic) bond motifs is 2. The Morgan fingerprint density at radius 2 is 1.81 bits per heavy atom. The average Bonchev–Trinajstić information content (AvgIpc) is 3.02. The maximum Gasteiger partial charge on any atom is 0.198 e. The van der Waals surface area contributed by atoms with Crippen molar-refractivity contribution >= 4 is 16.7 Å². The van der Waals surface area contributed by atoms with Crippen molar-refractivity contribution in [3.63, 3.8) is 0 Å². The molecule has 3 heteroatoms. The fourth-order valence-electron chi connectivity index (χ4n) is 2.83. The van der Waals surface area contributed by atoms with Crippen LogP contribution in [0.5, 0.6) is 5.75 Å². The molecule has 0 N–H and O–H groups in total. The summed E-state index contributed by atoms with van der Waals surface area (Å²) in [7, 11) is 0. The van der Waals surface area contributed by atoms with E-state index in [1.807, 2.05) is 48.5 Å². The van der Waals surface area contributed by atoms with E-state index in [1.165, 1.54) is 0 Å². The lowest BCUT2D eigenvalue weighted by molar-refractivity contribution is 0.103. The topological polar surface area (TPSA) is 39.2 Å². The summed E-state index contributed by atoms with van der Waals surface area (Å²) in [5.74, 6) is 0.702. The lowest BCUT2D eigenvalue weighted by Gasteiger charge is -2.08. The van der Waals surface area contributed by atoms with Crippen LogP contribution in [0.2, 0.25) is 0 Å². The normalized spacial score (nSPS) is 13.0. The first-order chi connectivity index (χ1) is 10.3. The summed E-state index contributed by atoms with van der Waals surface area (Å²) in [5, 5.41) is 0.969. The van der Waals surface area contributed by atoms with E-state index in [0.717, 1.165) is 28.6 Å². The molecule has 0 saturated carbocycles. The summed E-state index contributed by atoms with van der Waals surface area (Å²) in [6.45, 7) is 0.646. The minimum atomic E-state index is -0.0296. The van der Waals surface area contributed by atoms with E-state index >= 15 is 0 Å². The van der Waals surface area contributed by atoms with Gasteiger partial charge in [-0.05, 0) is 23.8 Å². The molecule has 0 bridgehead atoms. The molecule has 0 radical (unpaired) electrons. The highest BCUT2D eigenvalue weighted by Gasteiger charge is 2.22. The number of ketones is 1. The van der Waals surface area contributed by atoms with Crippen molar-refractivity contribution in [2.45, 2.75) is 6.42 Å². The molecule has 0 unspecified atom stereocenters. The molecule has 0 atom stereocenters. The zero-order chi connectivity index (χ0) is 14.2. The second-order valence-corrected chi connectivity index (χ2v) is 5.10. The summed E-state index contributed by atoms with van der Waals surface area (Å²) in [5.41, 5.74) is 3.09. The van der Waals surface area contributed by atoms with Gasteiger partial charge < -0.3 is 4.74 Å². The molecule has 1 aromatic heterocycles. The number of hydrogen-bond donors (Lipinski definition) is 0. The maximum atomic E-state index is 12.9. The van der Waals surface area contributed by atoms with Gasteiger partial charge in [-0.2, -0.15) is 0 Å². The predicted molar refractivity (Wildman–Crippen MR) is 80.8 cm³/mol. The fourth-order valence-corrected chi connectivity index (χ4v) is 2.83. The van der Waals surface area contributed by atoms with Crippen LogP contribution in [0.25, 0.3) is 10.9 Å². The van der Waals surface area contributed by atoms with Gasteiger partial charge in [0.15, 0.2) is 5.78 Å². The lowest BCUT2D eigenvalue weighted by Crippen LogP contribution is -2.05. The van der Waals surface area contributed by atoms with Gasteiger partial charge >= 0.3 is 0 Å². The number of aromatic nitrogens is 1. The van der Waals surface area contributed by atoms with Gasteiger partial charge in [-0.1, -0.05) is 30.3 Å². The highest BCUT2D eigenvalue weighted by atomic mass is 16.5. The van der Waals surface area contributed by atoms with Crippen molar-refractivity contribution in [2.75, 3.05) is 6.61 Å². The molecule has 2 aromatic carbocycles. The van der Waals surface area contributed by atoms with E-state index in [-0.39, 0.29) is 5.78 Å². The zero-order valence-corrected chi connectivity index (χ0v) is 11.4. The quantitative estimate of drug-likeness (QED) is 0.673. The van der Waals surface area contributed by atoms with Gasteiger partial charge in [0.2, 0.25) is 0 Å². The highest BCUT2D eigenvalue weighted by molar-refractivity contribution is 6.16. The molecular formula is C18H13NO2. The van der Waals surface area contributed by atoms with E-state index < -0.39 is 0 Å². The second kappa shape index (κ2) is 4.70. The molecule has 1 aliphatic rings. The Morgan fingerprint density at radius 1 is 1.00 bits per heavy atom. The summed E-state index contributed by atoms with van der Waals surface area (Å²) < 4.78 is 5.64. The van der Waals surface area contributed by atoms with Crippen LogP contribution < -0.4 is 4.74 Å². The van der Waals surface area contributed by atoms with Crippen molar-refractivity contribution in [3.05, 3.63) is 71.4 Å². The van der Waals surface area contributed by atoms with Gasteiger partial charge in [0, 0.05) is 23.6 Å². The lowest BCUT2D eigenvalue weighted by atomic mass is 9.98. The molecule has 0 fully saturated rings. The Morgan fingerprint density at radius 3 is 2.76 bits per heavy atom. The Balaban J connectivity index is 1.90. The van der Waals surface area contributed by atoms with E-state index in [1.54, 1.807) is 6.20 Å². The third-order valence-corrected chi connectivity index (χ3v) is 3.84. The Labute approximate surface area is 122 Å². The summed E-state index contributed by atoms with van der Waals surface area (Å²) in [6, 6.07) is 15.3. The van der Waals surface area contributed by atoms with Gasteiger partial charge in [-0.15, -0.1) is 0 Å². The fraction of sp³-hybridized carbons (Fsp3) is 0.111. The molecule has 2 heterocycles. The Kier molecular flexibility index (Phi) is 2.71. The van der Waals surface area contributed by atoms with E-state index in [9.17, 15) is 4.79 Å². The Hall–Kier alpha value is -2.68. The van der Waals surface area contributed by atoms with Crippen LogP contribution in [0.4, 0.5) is 0 Å². The maximum absolute atomic E-state index is 12.9. The van der Waals surface area contributed by atoms with Gasteiger partial charge in [0.05, 0.1) is 17.7 Å². The van der Waals surface area contributed by atoms with Crippen molar-refractivity contribution in [1.82, 2.24) is 4.98 Å². The van der Waals surface area contributed by atoms with Crippen LogP contribution in [0, 0.1) is 0 Å². The van der Waals surface area contributed by atoms with Crippen LogP contribution >= 0.6 is 0 Å². The number of carbonyl (C=O) groups excluding carboxylic acids is 1. The number of ether oxygens (including phenoxy) is 1. The molecule has 0 spiro atoms. The van der Waals surface area contributed by atoms with Gasteiger partial charge in [0.25, 0.3) is 0 Å². The molecule has 21 heavy (non-hydrogen) atoms. The number of carbonyl (C=O) groups is 1. The monoisotopic (exact) mass is 275 g/mol. The summed E-state index contributed by atoms with van der Waals surface area (Å²) in [6.07, 6.45) is 2.58. The molecule has 0 saturated heterocycles. The average molecular weight is 275 g/mol. The number of nitrogens with zero attached hydrogens (tertiary/aromatic N) is 1. The van der Waals surface area contributed by atoms with Crippen molar-refractivity contribution in [1.29, 1.82) is 0 Å². The number of para-hydroxylation sites is 2. The molecule has 0 amide bonds. The second-order valence-electron chi connectivity index (χ2n) is 5.10. The largest absolute Gasteiger partial charge is 0.492 e. The third kappa shape index (κ3) is 1.89. The minimum absolute atomic E-state index is 0.0296. The molecule has 1 aliphatic heterocycles. The minimum Gasteiger partial charge on any atom is -0.492 e. The van der Waals surface area contributed by atoms with Gasteiger partial charge in [-0.3, -0.25) is 9.78 Å². The van der Waals surface area contributed by atoms with Gasteiger partial charge in [0.1, 0.15) is 5.75 Å². The zero-order valence-electron chi connectivity index (χ0n) is 11.4. The van der Waals surface area contributed by atoms with Crippen LogP contribution in [-0.4, -0.2) is 17.4 Å². The van der Waals surface area contributed by atoms with Crippen LogP contribution in [-0.2, 0) is 6.42 Å². The Bertz CT molecular complexity index is 849. The number of rotatable bonds is 2. The summed E-state index contributed by atoms with van der Waals surface area (Å²) in [4.78, 5) is 17.3. The van der Waals surface area contributed by atoms with Crippen molar-refractivity contribution in [3.8, 4) is 5.75 Å². The van der Waals surface area contributed by atoms with Crippen LogP contribution in [0.15, 0.2) is 54.7 Å². The van der Waals surface area contributed by atoms with Crippen molar-refractivity contribution < 1.29 is 9.53 Å². The van der Waals surface area contributed by atoms with E-state index in [0.29, 0.717) is 17.7 Å². The van der Waals surface area contributed by atoms with E-state index in [2.05, 4.69) is 4.98 Å². The molecule has 102 valence electrons.